The summed E-state index contributed by atoms with van der Waals surface area (Å²) in [6.07, 6.45) is 4.00. The number of benzene rings is 2. The Morgan fingerprint density at radius 2 is 1.83 bits per heavy atom. The van der Waals surface area contributed by atoms with Gasteiger partial charge in [-0.1, -0.05) is 30.3 Å². The quantitative estimate of drug-likeness (QED) is 0.767. The lowest BCUT2D eigenvalue weighted by Crippen LogP contribution is -2.47. The van der Waals surface area contributed by atoms with Crippen molar-refractivity contribution >= 4 is 5.91 Å². The number of nitrogens with one attached hydrogen (secondary N) is 1. The second-order valence-corrected chi connectivity index (χ2v) is 8.24. The minimum atomic E-state index is -0.868. The standard InChI is InChI=1S/C24H27F2NO3/c25-21-7-6-19(14-22(21)26)18-4-1-3-17(13-18)15-24(8-11-29-12-9-24)23(28)27-16-20-5-2-10-30-20/h1,3-4,6-7,13-14,20H,2,5,8-12,15-16H2,(H,27,28). The summed E-state index contributed by atoms with van der Waals surface area (Å²) < 4.78 is 38.1. The van der Waals surface area contributed by atoms with Crippen LogP contribution in [0, 0.1) is 17.0 Å². The Bertz CT molecular complexity index is 890. The smallest absolute Gasteiger partial charge is 0.226 e. The Kier molecular flexibility index (Phi) is 6.44. The fourth-order valence-electron chi connectivity index (χ4n) is 4.37. The topological polar surface area (TPSA) is 47.6 Å². The first-order chi connectivity index (χ1) is 14.6. The molecule has 1 atom stereocenters. The van der Waals surface area contributed by atoms with Gasteiger partial charge >= 0.3 is 0 Å². The summed E-state index contributed by atoms with van der Waals surface area (Å²) in [6, 6.07) is 11.6. The third-order valence-corrected chi connectivity index (χ3v) is 6.17. The first kappa shape index (κ1) is 20.9. The van der Waals surface area contributed by atoms with Crippen LogP contribution in [0.4, 0.5) is 8.78 Å². The number of amides is 1. The third kappa shape index (κ3) is 4.71. The molecule has 2 saturated heterocycles. The minimum Gasteiger partial charge on any atom is -0.381 e. The van der Waals surface area contributed by atoms with Crippen LogP contribution in [0.2, 0.25) is 0 Å². The molecule has 0 aliphatic carbocycles. The van der Waals surface area contributed by atoms with Crippen LogP contribution >= 0.6 is 0 Å². The average Bonchev–Trinajstić information content (AvgIpc) is 3.28. The molecule has 0 spiro atoms. The highest BCUT2D eigenvalue weighted by molar-refractivity contribution is 5.83. The Balaban J connectivity index is 1.52. The molecule has 1 N–H and O–H groups in total. The molecule has 2 aromatic rings. The lowest BCUT2D eigenvalue weighted by Gasteiger charge is -2.36. The number of halogens is 2. The van der Waals surface area contributed by atoms with Crippen molar-refractivity contribution in [2.24, 2.45) is 5.41 Å². The van der Waals surface area contributed by atoms with Gasteiger partial charge in [-0.05, 0) is 60.9 Å². The Labute approximate surface area is 175 Å². The second kappa shape index (κ2) is 9.23. The van der Waals surface area contributed by atoms with Crippen LogP contribution in [-0.2, 0) is 20.7 Å². The van der Waals surface area contributed by atoms with E-state index in [1.165, 1.54) is 6.07 Å². The molecule has 0 radical (unpaired) electrons. The van der Waals surface area contributed by atoms with Crippen molar-refractivity contribution in [2.75, 3.05) is 26.4 Å². The maximum Gasteiger partial charge on any atom is 0.226 e. The largest absolute Gasteiger partial charge is 0.381 e. The summed E-state index contributed by atoms with van der Waals surface area (Å²) in [6.45, 7) is 2.40. The van der Waals surface area contributed by atoms with E-state index in [1.807, 2.05) is 24.3 Å². The number of carbonyl (C=O) groups is 1. The lowest BCUT2D eigenvalue weighted by molar-refractivity contribution is -0.137. The van der Waals surface area contributed by atoms with Gasteiger partial charge in [0.2, 0.25) is 5.91 Å². The van der Waals surface area contributed by atoms with E-state index in [4.69, 9.17) is 9.47 Å². The molecule has 4 nitrogen and oxygen atoms in total. The van der Waals surface area contributed by atoms with Crippen LogP contribution < -0.4 is 5.32 Å². The highest BCUT2D eigenvalue weighted by Gasteiger charge is 2.40. The zero-order chi connectivity index (χ0) is 21.0. The van der Waals surface area contributed by atoms with E-state index >= 15 is 0 Å². The summed E-state index contributed by atoms with van der Waals surface area (Å²) in [5.41, 5.74) is 1.86. The first-order valence-electron chi connectivity index (χ1n) is 10.6. The van der Waals surface area contributed by atoms with Crippen LogP contribution in [0.3, 0.4) is 0 Å². The van der Waals surface area contributed by atoms with E-state index in [9.17, 15) is 13.6 Å². The molecule has 4 rings (SSSR count). The Morgan fingerprint density at radius 1 is 1.03 bits per heavy atom. The number of hydrogen-bond donors (Lipinski definition) is 1. The van der Waals surface area contributed by atoms with Crippen LogP contribution in [0.15, 0.2) is 42.5 Å². The van der Waals surface area contributed by atoms with E-state index in [0.29, 0.717) is 44.6 Å². The molecule has 2 aliphatic rings. The van der Waals surface area contributed by atoms with Gasteiger partial charge < -0.3 is 14.8 Å². The van der Waals surface area contributed by atoms with Gasteiger partial charge in [0.15, 0.2) is 11.6 Å². The highest BCUT2D eigenvalue weighted by Crippen LogP contribution is 2.36. The highest BCUT2D eigenvalue weighted by atomic mass is 19.2. The van der Waals surface area contributed by atoms with E-state index in [1.54, 1.807) is 6.07 Å². The number of ether oxygens (including phenoxy) is 2. The number of rotatable bonds is 6. The third-order valence-electron chi connectivity index (χ3n) is 6.17. The molecular formula is C24H27F2NO3. The van der Waals surface area contributed by atoms with Gasteiger partial charge in [-0.2, -0.15) is 0 Å². The molecule has 0 bridgehead atoms. The second-order valence-electron chi connectivity index (χ2n) is 8.24. The fraction of sp³-hybridized carbons (Fsp3) is 0.458. The van der Waals surface area contributed by atoms with Gasteiger partial charge in [-0.25, -0.2) is 8.78 Å². The Hall–Kier alpha value is -2.31. The molecule has 2 aromatic carbocycles. The SMILES string of the molecule is O=C(NCC1CCCO1)C1(Cc2cccc(-c3ccc(F)c(F)c3)c2)CCOCC1. The van der Waals surface area contributed by atoms with E-state index in [0.717, 1.165) is 36.6 Å². The van der Waals surface area contributed by atoms with Gasteiger partial charge in [0.25, 0.3) is 0 Å². The van der Waals surface area contributed by atoms with E-state index < -0.39 is 17.0 Å². The predicted molar refractivity (Wildman–Crippen MR) is 110 cm³/mol. The summed E-state index contributed by atoms with van der Waals surface area (Å²) >= 11 is 0. The maximum absolute atomic E-state index is 13.7. The molecule has 2 heterocycles. The van der Waals surface area contributed by atoms with Crippen LogP contribution in [-0.4, -0.2) is 38.4 Å². The molecule has 0 saturated carbocycles. The monoisotopic (exact) mass is 415 g/mol. The molecule has 30 heavy (non-hydrogen) atoms. The molecule has 160 valence electrons. The average molecular weight is 415 g/mol. The fourth-order valence-corrected chi connectivity index (χ4v) is 4.37. The van der Waals surface area contributed by atoms with Crippen molar-refractivity contribution < 1.29 is 23.0 Å². The molecule has 0 aromatic heterocycles. The summed E-state index contributed by atoms with van der Waals surface area (Å²) in [5, 5.41) is 3.10. The van der Waals surface area contributed by atoms with Crippen molar-refractivity contribution in [1.82, 2.24) is 5.32 Å². The minimum absolute atomic E-state index is 0.0412. The van der Waals surface area contributed by atoms with E-state index in [-0.39, 0.29) is 12.0 Å². The number of hydrogen-bond acceptors (Lipinski definition) is 3. The molecule has 1 unspecified atom stereocenters. The normalized spacial score (nSPS) is 20.8. The molecule has 1 amide bonds. The van der Waals surface area contributed by atoms with Crippen molar-refractivity contribution in [3.05, 3.63) is 59.7 Å². The molecular weight excluding hydrogens is 388 g/mol. The Morgan fingerprint density at radius 3 is 2.57 bits per heavy atom. The van der Waals surface area contributed by atoms with Crippen LogP contribution in [0.25, 0.3) is 11.1 Å². The summed E-state index contributed by atoms with van der Waals surface area (Å²) in [5.74, 6) is -1.69. The van der Waals surface area contributed by atoms with Gasteiger partial charge in [-0.3, -0.25) is 4.79 Å². The zero-order valence-electron chi connectivity index (χ0n) is 17.0. The zero-order valence-corrected chi connectivity index (χ0v) is 17.0. The maximum atomic E-state index is 13.7. The van der Waals surface area contributed by atoms with Crippen LogP contribution in [0.1, 0.15) is 31.2 Å². The molecule has 2 fully saturated rings. The van der Waals surface area contributed by atoms with Crippen molar-refractivity contribution in [2.45, 2.75) is 38.2 Å². The van der Waals surface area contributed by atoms with Crippen molar-refractivity contribution in [3.8, 4) is 11.1 Å². The number of carbonyl (C=O) groups excluding carboxylic acids is 1. The van der Waals surface area contributed by atoms with Gasteiger partial charge in [0.05, 0.1) is 11.5 Å². The van der Waals surface area contributed by atoms with Gasteiger partial charge in [0, 0.05) is 26.4 Å². The van der Waals surface area contributed by atoms with Crippen molar-refractivity contribution in [3.63, 3.8) is 0 Å². The van der Waals surface area contributed by atoms with Crippen LogP contribution in [0.5, 0.6) is 0 Å². The predicted octanol–water partition coefficient (Wildman–Crippen LogP) is 4.27. The lowest BCUT2D eigenvalue weighted by atomic mass is 9.74. The van der Waals surface area contributed by atoms with Gasteiger partial charge in [0.1, 0.15) is 0 Å². The first-order valence-corrected chi connectivity index (χ1v) is 10.6. The van der Waals surface area contributed by atoms with E-state index in [2.05, 4.69) is 5.32 Å². The van der Waals surface area contributed by atoms with Crippen molar-refractivity contribution in [1.29, 1.82) is 0 Å². The summed E-state index contributed by atoms with van der Waals surface area (Å²) in [7, 11) is 0. The summed E-state index contributed by atoms with van der Waals surface area (Å²) in [4.78, 5) is 13.2. The van der Waals surface area contributed by atoms with Gasteiger partial charge in [-0.15, -0.1) is 0 Å². The molecule has 2 aliphatic heterocycles. The molecule has 6 heteroatoms.